The summed E-state index contributed by atoms with van der Waals surface area (Å²) in [6, 6.07) is 0. The molecule has 0 aromatic carbocycles. The molecule has 2 bridgehead atoms. The van der Waals surface area contributed by atoms with E-state index in [-0.39, 0.29) is 5.54 Å². The van der Waals surface area contributed by atoms with Crippen molar-refractivity contribution in [3.05, 3.63) is 0 Å². The van der Waals surface area contributed by atoms with E-state index >= 15 is 0 Å². The monoisotopic (exact) mass is 254 g/mol. The Morgan fingerprint density at radius 3 is 2.50 bits per heavy atom. The summed E-state index contributed by atoms with van der Waals surface area (Å²) in [7, 11) is 0. The molecule has 0 aliphatic carbocycles. The third-order valence-corrected chi connectivity index (χ3v) is 3.32. The molecule has 2 atom stereocenters. The molecule has 0 radical (unpaired) electrons. The van der Waals surface area contributed by atoms with Crippen LogP contribution in [-0.2, 0) is 4.74 Å². The van der Waals surface area contributed by atoms with E-state index in [1.54, 1.807) is 0 Å². The van der Waals surface area contributed by atoms with E-state index in [0.29, 0.717) is 18.2 Å². The molecule has 5 heteroatoms. The van der Waals surface area contributed by atoms with Crippen LogP contribution in [-0.4, -0.2) is 54.8 Å². The maximum Gasteiger partial charge on any atom is 0.189 e. The standard InChI is InChI=1S/C13H26N4O/c1-13(2,3)16-12(14)15-6-7-17-8-10-4-5-11(9-17)18-10/h10-11H,4-9H2,1-3H3,(H3,14,15,16). The smallest absolute Gasteiger partial charge is 0.189 e. The van der Waals surface area contributed by atoms with Crippen molar-refractivity contribution in [1.29, 1.82) is 0 Å². The van der Waals surface area contributed by atoms with Crippen LogP contribution in [0.3, 0.4) is 0 Å². The molecule has 0 aromatic rings. The Balaban J connectivity index is 1.70. The Morgan fingerprint density at radius 2 is 1.94 bits per heavy atom. The van der Waals surface area contributed by atoms with Crippen molar-refractivity contribution >= 4 is 5.96 Å². The Kier molecular flexibility index (Phi) is 4.12. The van der Waals surface area contributed by atoms with E-state index in [0.717, 1.165) is 26.2 Å². The van der Waals surface area contributed by atoms with Gasteiger partial charge in [-0.3, -0.25) is 9.89 Å². The highest BCUT2D eigenvalue weighted by Gasteiger charge is 2.33. The third kappa shape index (κ3) is 4.14. The summed E-state index contributed by atoms with van der Waals surface area (Å²) >= 11 is 0. The van der Waals surface area contributed by atoms with Gasteiger partial charge in [-0.1, -0.05) is 0 Å². The molecule has 104 valence electrons. The quantitative estimate of drug-likeness (QED) is 0.570. The number of likely N-dealkylation sites (tertiary alicyclic amines) is 1. The Labute approximate surface area is 110 Å². The minimum atomic E-state index is -0.0222. The fraction of sp³-hybridized carbons (Fsp3) is 0.923. The lowest BCUT2D eigenvalue weighted by molar-refractivity contribution is -0.0370. The van der Waals surface area contributed by atoms with E-state index < -0.39 is 0 Å². The molecule has 5 nitrogen and oxygen atoms in total. The highest BCUT2D eigenvalue weighted by Crippen LogP contribution is 2.25. The lowest BCUT2D eigenvalue weighted by Gasteiger charge is -2.31. The molecule has 2 aliphatic rings. The average molecular weight is 254 g/mol. The van der Waals surface area contributed by atoms with E-state index in [2.05, 4.69) is 36.0 Å². The second kappa shape index (κ2) is 5.45. The number of guanidine groups is 1. The second-order valence-corrected chi connectivity index (χ2v) is 6.36. The van der Waals surface area contributed by atoms with Crippen LogP contribution in [0, 0.1) is 0 Å². The predicted octanol–water partition coefficient (Wildman–Crippen LogP) is 0.552. The van der Waals surface area contributed by atoms with E-state index in [1.807, 2.05) is 0 Å². The lowest BCUT2D eigenvalue weighted by Crippen LogP contribution is -2.46. The number of nitrogens with zero attached hydrogens (tertiary/aromatic N) is 2. The SMILES string of the molecule is CC(C)(C)NC(N)=NCCN1CC2CCC(C1)O2. The van der Waals surface area contributed by atoms with Gasteiger partial charge in [0.25, 0.3) is 0 Å². The van der Waals surface area contributed by atoms with Gasteiger partial charge in [0.2, 0.25) is 0 Å². The Hall–Kier alpha value is -0.810. The maximum atomic E-state index is 5.84. The minimum Gasteiger partial charge on any atom is -0.372 e. The number of rotatable bonds is 3. The molecule has 2 unspecified atom stereocenters. The minimum absolute atomic E-state index is 0.0222. The van der Waals surface area contributed by atoms with Gasteiger partial charge >= 0.3 is 0 Å². The van der Waals surface area contributed by atoms with Crippen LogP contribution < -0.4 is 11.1 Å². The topological polar surface area (TPSA) is 62.9 Å². The van der Waals surface area contributed by atoms with Crippen LogP contribution in [0.2, 0.25) is 0 Å². The number of nitrogens with two attached hydrogens (primary N) is 1. The molecule has 0 amide bonds. The van der Waals surface area contributed by atoms with Crippen LogP contribution in [0.5, 0.6) is 0 Å². The molecular formula is C13H26N4O. The first-order valence-electron chi connectivity index (χ1n) is 6.88. The summed E-state index contributed by atoms with van der Waals surface area (Å²) in [6.45, 7) is 10.1. The van der Waals surface area contributed by atoms with Crippen molar-refractivity contribution in [2.75, 3.05) is 26.2 Å². The molecule has 2 heterocycles. The average Bonchev–Trinajstić information content (AvgIpc) is 2.55. The van der Waals surface area contributed by atoms with Crippen molar-refractivity contribution in [1.82, 2.24) is 10.2 Å². The molecular weight excluding hydrogens is 228 g/mol. The van der Waals surface area contributed by atoms with Crippen molar-refractivity contribution in [3.63, 3.8) is 0 Å². The van der Waals surface area contributed by atoms with E-state index in [1.165, 1.54) is 12.8 Å². The van der Waals surface area contributed by atoms with E-state index in [4.69, 9.17) is 10.5 Å². The lowest BCUT2D eigenvalue weighted by atomic mass is 10.1. The molecule has 0 saturated carbocycles. The van der Waals surface area contributed by atoms with Crippen LogP contribution in [0.15, 0.2) is 4.99 Å². The zero-order valence-corrected chi connectivity index (χ0v) is 11.8. The van der Waals surface area contributed by atoms with Gasteiger partial charge in [0.1, 0.15) is 0 Å². The fourth-order valence-electron chi connectivity index (χ4n) is 2.62. The van der Waals surface area contributed by atoms with Gasteiger partial charge < -0.3 is 15.8 Å². The molecule has 2 rings (SSSR count). The predicted molar refractivity (Wildman–Crippen MR) is 73.7 cm³/mol. The molecule has 2 fully saturated rings. The molecule has 0 aromatic heterocycles. The van der Waals surface area contributed by atoms with Gasteiger partial charge in [0.05, 0.1) is 18.8 Å². The number of nitrogens with one attached hydrogen (secondary N) is 1. The fourth-order valence-corrected chi connectivity index (χ4v) is 2.62. The van der Waals surface area contributed by atoms with Crippen LogP contribution in [0.25, 0.3) is 0 Å². The highest BCUT2D eigenvalue weighted by molar-refractivity contribution is 5.78. The molecule has 18 heavy (non-hydrogen) atoms. The number of ether oxygens (including phenoxy) is 1. The van der Waals surface area contributed by atoms with Crippen molar-refractivity contribution in [3.8, 4) is 0 Å². The molecule has 2 aliphatic heterocycles. The second-order valence-electron chi connectivity index (χ2n) is 6.36. The largest absolute Gasteiger partial charge is 0.372 e. The van der Waals surface area contributed by atoms with Gasteiger partial charge in [-0.15, -0.1) is 0 Å². The number of aliphatic imine (C=N–C) groups is 1. The van der Waals surface area contributed by atoms with Gasteiger partial charge in [-0.25, -0.2) is 0 Å². The first kappa shape index (κ1) is 13.6. The van der Waals surface area contributed by atoms with E-state index in [9.17, 15) is 0 Å². The first-order chi connectivity index (χ1) is 8.42. The van der Waals surface area contributed by atoms with Gasteiger partial charge in [0, 0.05) is 25.2 Å². The molecule has 3 N–H and O–H groups in total. The van der Waals surface area contributed by atoms with Crippen LogP contribution in [0.4, 0.5) is 0 Å². The third-order valence-electron chi connectivity index (χ3n) is 3.32. The van der Waals surface area contributed by atoms with Crippen molar-refractivity contribution < 1.29 is 4.74 Å². The summed E-state index contributed by atoms with van der Waals surface area (Å²) in [5.41, 5.74) is 5.82. The zero-order chi connectivity index (χ0) is 13.2. The number of hydrogen-bond acceptors (Lipinski definition) is 3. The molecule has 2 saturated heterocycles. The van der Waals surface area contributed by atoms with Gasteiger partial charge in [0.15, 0.2) is 5.96 Å². The maximum absolute atomic E-state index is 5.84. The van der Waals surface area contributed by atoms with Crippen molar-refractivity contribution in [2.24, 2.45) is 10.7 Å². The zero-order valence-electron chi connectivity index (χ0n) is 11.8. The number of hydrogen-bond donors (Lipinski definition) is 2. The van der Waals surface area contributed by atoms with Gasteiger partial charge in [-0.2, -0.15) is 0 Å². The summed E-state index contributed by atoms with van der Waals surface area (Å²) < 4.78 is 5.81. The van der Waals surface area contributed by atoms with Crippen LogP contribution >= 0.6 is 0 Å². The normalized spacial score (nSPS) is 29.6. The Bertz CT molecular complexity index is 299. The Morgan fingerprint density at radius 1 is 1.33 bits per heavy atom. The highest BCUT2D eigenvalue weighted by atomic mass is 16.5. The van der Waals surface area contributed by atoms with Crippen molar-refractivity contribution in [2.45, 2.75) is 51.4 Å². The summed E-state index contributed by atoms with van der Waals surface area (Å²) in [5.74, 6) is 0.540. The number of morpholine rings is 1. The van der Waals surface area contributed by atoms with Gasteiger partial charge in [-0.05, 0) is 33.6 Å². The summed E-state index contributed by atoms with van der Waals surface area (Å²) in [6.07, 6.45) is 3.35. The van der Waals surface area contributed by atoms with Crippen LogP contribution in [0.1, 0.15) is 33.6 Å². The molecule has 0 spiro atoms. The summed E-state index contributed by atoms with van der Waals surface area (Å²) in [4.78, 5) is 6.82. The summed E-state index contributed by atoms with van der Waals surface area (Å²) in [5, 5.41) is 3.17. The first-order valence-corrected chi connectivity index (χ1v) is 6.88. The number of fused-ring (bicyclic) bond motifs is 2.